The Bertz CT molecular complexity index is 287. The number of hydrogen-bond donors (Lipinski definition) is 2. The van der Waals surface area contributed by atoms with Gasteiger partial charge in [-0.15, -0.1) is 0 Å². The first-order valence-corrected chi connectivity index (χ1v) is 5.27. The molecule has 0 bridgehead atoms. The van der Waals surface area contributed by atoms with E-state index in [-0.39, 0.29) is 6.10 Å². The molecule has 0 aliphatic carbocycles. The minimum absolute atomic E-state index is 0.304. The fraction of sp³-hybridized carbons (Fsp3) is 0.500. The zero-order valence-electron chi connectivity index (χ0n) is 9.36. The number of benzene rings is 1. The summed E-state index contributed by atoms with van der Waals surface area (Å²) in [6.45, 7) is 3.12. The number of para-hydroxylation sites is 1. The lowest BCUT2D eigenvalue weighted by molar-refractivity contribution is 0.155. The predicted molar refractivity (Wildman–Crippen MR) is 61.0 cm³/mol. The van der Waals surface area contributed by atoms with Crippen LogP contribution in [0.1, 0.15) is 18.9 Å². The van der Waals surface area contributed by atoms with Crippen LogP contribution in [0.3, 0.4) is 0 Å². The number of ether oxygens (including phenoxy) is 1. The monoisotopic (exact) mass is 209 g/mol. The number of hydrogen-bond acceptors (Lipinski definition) is 3. The topological polar surface area (TPSA) is 41.5 Å². The highest BCUT2D eigenvalue weighted by atomic mass is 16.5. The molecule has 15 heavy (non-hydrogen) atoms. The second-order valence-electron chi connectivity index (χ2n) is 3.62. The SMILES string of the molecule is CNCc1ccccc1OCCC(C)O. The molecule has 1 aromatic carbocycles. The Morgan fingerprint density at radius 1 is 1.40 bits per heavy atom. The van der Waals surface area contributed by atoms with Crippen LogP contribution >= 0.6 is 0 Å². The van der Waals surface area contributed by atoms with Crippen LogP contribution < -0.4 is 10.1 Å². The Labute approximate surface area is 91.1 Å². The Hall–Kier alpha value is -1.06. The van der Waals surface area contributed by atoms with E-state index in [1.807, 2.05) is 31.3 Å². The maximum atomic E-state index is 9.11. The fourth-order valence-electron chi connectivity index (χ4n) is 1.32. The van der Waals surface area contributed by atoms with Crippen molar-refractivity contribution >= 4 is 0 Å². The van der Waals surface area contributed by atoms with Crippen LogP contribution in [0.25, 0.3) is 0 Å². The van der Waals surface area contributed by atoms with Gasteiger partial charge in [0.1, 0.15) is 5.75 Å². The van der Waals surface area contributed by atoms with Crippen molar-refractivity contribution in [3.63, 3.8) is 0 Å². The second-order valence-corrected chi connectivity index (χ2v) is 3.62. The summed E-state index contributed by atoms with van der Waals surface area (Å²) in [5.74, 6) is 0.896. The van der Waals surface area contributed by atoms with E-state index >= 15 is 0 Å². The zero-order valence-corrected chi connectivity index (χ0v) is 9.36. The average Bonchev–Trinajstić information content (AvgIpc) is 2.20. The maximum Gasteiger partial charge on any atom is 0.123 e. The van der Waals surface area contributed by atoms with Crippen molar-refractivity contribution in [2.45, 2.75) is 26.0 Å². The van der Waals surface area contributed by atoms with Crippen LogP contribution in [0.15, 0.2) is 24.3 Å². The van der Waals surface area contributed by atoms with Gasteiger partial charge in [-0.2, -0.15) is 0 Å². The van der Waals surface area contributed by atoms with Gasteiger partial charge in [0, 0.05) is 18.5 Å². The molecule has 1 atom stereocenters. The highest BCUT2D eigenvalue weighted by Gasteiger charge is 2.02. The average molecular weight is 209 g/mol. The van der Waals surface area contributed by atoms with Gasteiger partial charge in [-0.1, -0.05) is 18.2 Å². The van der Waals surface area contributed by atoms with Crippen molar-refractivity contribution in [3.8, 4) is 5.75 Å². The Morgan fingerprint density at radius 3 is 2.80 bits per heavy atom. The molecule has 1 unspecified atom stereocenters. The number of aliphatic hydroxyl groups excluding tert-OH is 1. The first-order valence-electron chi connectivity index (χ1n) is 5.27. The molecule has 0 spiro atoms. The summed E-state index contributed by atoms with van der Waals surface area (Å²) in [5.41, 5.74) is 1.14. The molecule has 2 N–H and O–H groups in total. The maximum absolute atomic E-state index is 9.11. The first-order chi connectivity index (χ1) is 7.24. The highest BCUT2D eigenvalue weighted by molar-refractivity contribution is 5.33. The number of nitrogens with one attached hydrogen (secondary N) is 1. The highest BCUT2D eigenvalue weighted by Crippen LogP contribution is 2.17. The van der Waals surface area contributed by atoms with Crippen LogP contribution in [0.2, 0.25) is 0 Å². The smallest absolute Gasteiger partial charge is 0.123 e. The van der Waals surface area contributed by atoms with Crippen molar-refractivity contribution < 1.29 is 9.84 Å². The summed E-state index contributed by atoms with van der Waals surface area (Å²) in [6.07, 6.45) is 0.356. The molecular formula is C12H19NO2. The third-order valence-corrected chi connectivity index (χ3v) is 2.13. The van der Waals surface area contributed by atoms with E-state index in [2.05, 4.69) is 5.32 Å². The standard InChI is InChI=1S/C12H19NO2/c1-10(14)7-8-15-12-6-4-3-5-11(12)9-13-2/h3-6,10,13-14H,7-9H2,1-2H3. The van der Waals surface area contributed by atoms with E-state index in [1.165, 1.54) is 0 Å². The van der Waals surface area contributed by atoms with Gasteiger partial charge in [0.15, 0.2) is 0 Å². The molecule has 0 saturated carbocycles. The molecule has 84 valence electrons. The van der Waals surface area contributed by atoms with E-state index in [1.54, 1.807) is 6.92 Å². The number of aliphatic hydroxyl groups is 1. The van der Waals surface area contributed by atoms with Gasteiger partial charge >= 0.3 is 0 Å². The lowest BCUT2D eigenvalue weighted by Crippen LogP contribution is -2.10. The van der Waals surface area contributed by atoms with Gasteiger partial charge in [-0.3, -0.25) is 0 Å². The molecule has 0 amide bonds. The van der Waals surface area contributed by atoms with Crippen LogP contribution in [-0.4, -0.2) is 24.9 Å². The van der Waals surface area contributed by atoms with Crippen molar-refractivity contribution in [1.82, 2.24) is 5.32 Å². The van der Waals surface area contributed by atoms with Gasteiger partial charge < -0.3 is 15.2 Å². The fourth-order valence-corrected chi connectivity index (χ4v) is 1.32. The van der Waals surface area contributed by atoms with Gasteiger partial charge in [0.05, 0.1) is 12.7 Å². The zero-order chi connectivity index (χ0) is 11.1. The normalized spacial score (nSPS) is 12.5. The van der Waals surface area contributed by atoms with Gasteiger partial charge in [-0.25, -0.2) is 0 Å². The molecule has 0 radical (unpaired) electrons. The summed E-state index contributed by atoms with van der Waals surface area (Å²) in [6, 6.07) is 7.94. The first kappa shape index (κ1) is 12.0. The van der Waals surface area contributed by atoms with Crippen LogP contribution in [0.5, 0.6) is 5.75 Å². The lowest BCUT2D eigenvalue weighted by Gasteiger charge is -2.11. The molecule has 1 rings (SSSR count). The van der Waals surface area contributed by atoms with Crippen molar-refractivity contribution in [2.24, 2.45) is 0 Å². The van der Waals surface area contributed by atoms with Gasteiger partial charge in [0.2, 0.25) is 0 Å². The van der Waals surface area contributed by atoms with Gasteiger partial charge in [0.25, 0.3) is 0 Å². The summed E-state index contributed by atoms with van der Waals surface area (Å²) in [5, 5.41) is 12.2. The number of rotatable bonds is 6. The van der Waals surface area contributed by atoms with E-state index in [0.717, 1.165) is 17.9 Å². The van der Waals surface area contributed by atoms with Crippen LogP contribution in [0.4, 0.5) is 0 Å². The Kier molecular flexibility index (Phi) is 5.15. The minimum Gasteiger partial charge on any atom is -0.493 e. The minimum atomic E-state index is -0.304. The Balaban J connectivity index is 2.51. The summed E-state index contributed by atoms with van der Waals surface area (Å²) >= 11 is 0. The summed E-state index contributed by atoms with van der Waals surface area (Å²) < 4.78 is 5.60. The molecule has 3 nitrogen and oxygen atoms in total. The predicted octanol–water partition coefficient (Wildman–Crippen LogP) is 1.56. The molecule has 0 heterocycles. The molecule has 0 aliphatic heterocycles. The molecule has 0 fully saturated rings. The van der Waals surface area contributed by atoms with Crippen LogP contribution in [0, 0.1) is 0 Å². The van der Waals surface area contributed by atoms with E-state index < -0.39 is 0 Å². The summed E-state index contributed by atoms with van der Waals surface area (Å²) in [4.78, 5) is 0. The van der Waals surface area contributed by atoms with Crippen molar-refractivity contribution in [2.75, 3.05) is 13.7 Å². The third kappa shape index (κ3) is 4.32. The van der Waals surface area contributed by atoms with Crippen molar-refractivity contribution in [3.05, 3.63) is 29.8 Å². The lowest BCUT2D eigenvalue weighted by atomic mass is 10.2. The molecule has 3 heteroatoms. The molecule has 1 aromatic rings. The largest absolute Gasteiger partial charge is 0.493 e. The summed E-state index contributed by atoms with van der Waals surface area (Å²) in [7, 11) is 1.91. The van der Waals surface area contributed by atoms with Crippen molar-refractivity contribution in [1.29, 1.82) is 0 Å². The van der Waals surface area contributed by atoms with E-state index in [9.17, 15) is 0 Å². The van der Waals surface area contributed by atoms with Crippen LogP contribution in [-0.2, 0) is 6.54 Å². The third-order valence-electron chi connectivity index (χ3n) is 2.13. The van der Waals surface area contributed by atoms with E-state index in [4.69, 9.17) is 9.84 Å². The quantitative estimate of drug-likeness (QED) is 0.747. The van der Waals surface area contributed by atoms with E-state index in [0.29, 0.717) is 13.0 Å². The molecule has 0 aromatic heterocycles. The Morgan fingerprint density at radius 2 is 2.13 bits per heavy atom. The second kappa shape index (κ2) is 6.43. The molecule has 0 saturated heterocycles. The molecular weight excluding hydrogens is 190 g/mol. The molecule has 0 aliphatic rings. The van der Waals surface area contributed by atoms with Gasteiger partial charge in [-0.05, 0) is 20.0 Å².